The topological polar surface area (TPSA) is 111 Å². The van der Waals surface area contributed by atoms with E-state index in [1.54, 1.807) is 6.92 Å². The van der Waals surface area contributed by atoms with E-state index in [0.717, 1.165) is 11.1 Å². The number of nitrogens with zero attached hydrogens (tertiary/aromatic N) is 2. The van der Waals surface area contributed by atoms with E-state index in [1.165, 1.54) is 30.2 Å². The van der Waals surface area contributed by atoms with Gasteiger partial charge in [0.15, 0.2) is 6.61 Å². The average molecular weight is 444 g/mol. The van der Waals surface area contributed by atoms with Crippen LogP contribution >= 0.6 is 0 Å². The summed E-state index contributed by atoms with van der Waals surface area (Å²) in [4.78, 5) is 37.5. The van der Waals surface area contributed by atoms with Gasteiger partial charge in [-0.25, -0.2) is 0 Å². The molecule has 0 aliphatic carbocycles. The van der Waals surface area contributed by atoms with Crippen LogP contribution in [0.5, 0.6) is 11.5 Å². The predicted molar refractivity (Wildman–Crippen MR) is 120 cm³/mol. The zero-order valence-electron chi connectivity index (χ0n) is 19.0. The van der Waals surface area contributed by atoms with Crippen molar-refractivity contribution in [3.63, 3.8) is 0 Å². The summed E-state index contributed by atoms with van der Waals surface area (Å²) in [6, 6.07) is 10.9. The van der Waals surface area contributed by atoms with Gasteiger partial charge in [0.2, 0.25) is 11.7 Å². The van der Waals surface area contributed by atoms with Crippen LogP contribution in [0.1, 0.15) is 31.9 Å². The first kappa shape index (κ1) is 24.6. The summed E-state index contributed by atoms with van der Waals surface area (Å²) >= 11 is 0. The zero-order chi connectivity index (χ0) is 23.8. The monoisotopic (exact) mass is 443 g/mol. The molecule has 32 heavy (non-hydrogen) atoms. The van der Waals surface area contributed by atoms with E-state index in [-0.39, 0.29) is 42.3 Å². The molecule has 0 aliphatic heterocycles. The van der Waals surface area contributed by atoms with Gasteiger partial charge < -0.3 is 19.7 Å². The van der Waals surface area contributed by atoms with Crippen molar-refractivity contribution in [1.82, 2.24) is 10.2 Å². The van der Waals surface area contributed by atoms with Crippen molar-refractivity contribution in [2.45, 2.75) is 46.3 Å². The lowest BCUT2D eigenvalue weighted by atomic mass is 10.1. The number of methoxy groups -OCH3 is 1. The molecule has 172 valence electrons. The van der Waals surface area contributed by atoms with E-state index in [2.05, 4.69) is 5.32 Å². The molecule has 0 heterocycles. The normalized spacial score (nSPS) is 11.6. The Bertz CT molecular complexity index is 959. The van der Waals surface area contributed by atoms with E-state index in [9.17, 15) is 19.7 Å². The van der Waals surface area contributed by atoms with Crippen molar-refractivity contribution >= 4 is 17.5 Å². The van der Waals surface area contributed by atoms with Gasteiger partial charge >= 0.3 is 5.69 Å². The van der Waals surface area contributed by atoms with Gasteiger partial charge in [-0.3, -0.25) is 19.7 Å². The maximum Gasteiger partial charge on any atom is 0.311 e. The van der Waals surface area contributed by atoms with E-state index in [0.29, 0.717) is 0 Å². The molecule has 0 spiro atoms. The molecule has 2 aromatic rings. The minimum Gasteiger partial charge on any atom is -0.490 e. The molecule has 9 heteroatoms. The average Bonchev–Trinajstić information content (AvgIpc) is 2.75. The van der Waals surface area contributed by atoms with Crippen molar-refractivity contribution in [3.8, 4) is 11.5 Å². The number of benzene rings is 2. The third-order valence-corrected chi connectivity index (χ3v) is 4.78. The third kappa shape index (κ3) is 6.69. The molecule has 9 nitrogen and oxygen atoms in total. The Kier molecular flexibility index (Phi) is 8.57. The van der Waals surface area contributed by atoms with Crippen LogP contribution in [-0.4, -0.2) is 47.4 Å². The number of amides is 2. The zero-order valence-corrected chi connectivity index (χ0v) is 19.0. The summed E-state index contributed by atoms with van der Waals surface area (Å²) < 4.78 is 10.6. The van der Waals surface area contributed by atoms with Gasteiger partial charge in [-0.2, -0.15) is 0 Å². The number of rotatable bonds is 10. The maximum atomic E-state index is 13.0. The number of carbonyl (C=O) groups excluding carboxylic acids is 2. The minimum atomic E-state index is -0.721. The summed E-state index contributed by atoms with van der Waals surface area (Å²) in [5.74, 6) is -0.386. The molecule has 0 aliphatic rings. The van der Waals surface area contributed by atoms with Crippen LogP contribution in [0.2, 0.25) is 0 Å². The van der Waals surface area contributed by atoms with Gasteiger partial charge in [0.05, 0.1) is 12.0 Å². The van der Waals surface area contributed by atoms with Crippen molar-refractivity contribution in [2.24, 2.45) is 0 Å². The van der Waals surface area contributed by atoms with Crippen LogP contribution in [-0.2, 0) is 16.1 Å². The van der Waals surface area contributed by atoms with Crippen LogP contribution in [0.4, 0.5) is 5.69 Å². The molecular formula is C23H29N3O6. The first-order chi connectivity index (χ1) is 15.1. The summed E-state index contributed by atoms with van der Waals surface area (Å²) in [7, 11) is 1.32. The predicted octanol–water partition coefficient (Wildman–Crippen LogP) is 3.23. The van der Waals surface area contributed by atoms with Crippen molar-refractivity contribution in [1.29, 1.82) is 0 Å². The highest BCUT2D eigenvalue weighted by molar-refractivity contribution is 5.88. The second kappa shape index (κ2) is 11.1. The standard InChI is InChI=1S/C23H29N3O6/c1-15(2)24-23(28)17(4)25(13-18-8-6-16(3)7-9-18)22(27)14-32-19-10-11-20(26(29)30)21(12-19)31-5/h6-12,15,17H,13-14H2,1-5H3,(H,24,28). The quantitative estimate of drug-likeness (QED) is 0.446. The van der Waals surface area contributed by atoms with Gasteiger partial charge in [0, 0.05) is 24.7 Å². The van der Waals surface area contributed by atoms with Gasteiger partial charge in [-0.15, -0.1) is 0 Å². The second-order valence-corrected chi connectivity index (χ2v) is 7.73. The molecule has 0 aromatic heterocycles. The van der Waals surface area contributed by atoms with Gasteiger partial charge in [0.25, 0.3) is 5.91 Å². The SMILES string of the molecule is COc1cc(OCC(=O)N(Cc2ccc(C)cc2)C(C)C(=O)NC(C)C)ccc1[N+](=O)[O-]. The molecule has 1 N–H and O–H groups in total. The number of nitrogens with one attached hydrogen (secondary N) is 1. The summed E-state index contributed by atoms with van der Waals surface area (Å²) in [6.45, 7) is 7.23. The van der Waals surface area contributed by atoms with Crippen molar-refractivity contribution < 1.29 is 24.0 Å². The van der Waals surface area contributed by atoms with Gasteiger partial charge in [-0.1, -0.05) is 29.8 Å². The molecule has 1 atom stereocenters. The van der Waals surface area contributed by atoms with E-state index >= 15 is 0 Å². The molecule has 0 bridgehead atoms. The van der Waals surface area contributed by atoms with Crippen molar-refractivity contribution in [3.05, 3.63) is 63.7 Å². The van der Waals surface area contributed by atoms with Crippen molar-refractivity contribution in [2.75, 3.05) is 13.7 Å². The molecule has 1 unspecified atom stereocenters. The van der Waals surface area contributed by atoms with E-state index in [4.69, 9.17) is 9.47 Å². The molecule has 2 rings (SSSR count). The summed E-state index contributed by atoms with van der Waals surface area (Å²) in [5.41, 5.74) is 1.77. The highest BCUT2D eigenvalue weighted by atomic mass is 16.6. The number of hydrogen-bond acceptors (Lipinski definition) is 6. The number of ether oxygens (including phenoxy) is 2. The molecule has 2 amide bonds. The number of nitro benzene ring substituents is 1. The highest BCUT2D eigenvalue weighted by Crippen LogP contribution is 2.30. The van der Waals surface area contributed by atoms with Crippen LogP contribution in [0.25, 0.3) is 0 Å². The number of hydrogen-bond donors (Lipinski definition) is 1. The largest absolute Gasteiger partial charge is 0.490 e. The minimum absolute atomic E-state index is 0.0288. The second-order valence-electron chi connectivity index (χ2n) is 7.73. The van der Waals surface area contributed by atoms with Crippen LogP contribution in [0.15, 0.2) is 42.5 Å². The van der Waals surface area contributed by atoms with Crippen LogP contribution < -0.4 is 14.8 Å². The molecule has 0 fully saturated rings. The fourth-order valence-corrected chi connectivity index (χ4v) is 3.00. The molecule has 2 aromatic carbocycles. The molecule has 0 saturated carbocycles. The Hall–Kier alpha value is -3.62. The lowest BCUT2D eigenvalue weighted by Gasteiger charge is -2.29. The van der Waals surface area contributed by atoms with Gasteiger partial charge in [-0.05, 0) is 39.3 Å². The Balaban J connectivity index is 2.18. The summed E-state index contributed by atoms with van der Waals surface area (Å²) in [6.07, 6.45) is 0. The lowest BCUT2D eigenvalue weighted by Crippen LogP contribution is -2.50. The van der Waals surface area contributed by atoms with E-state index in [1.807, 2.05) is 45.0 Å². The molecular weight excluding hydrogens is 414 g/mol. The number of carbonyl (C=O) groups is 2. The summed E-state index contributed by atoms with van der Waals surface area (Å²) in [5, 5.41) is 13.9. The third-order valence-electron chi connectivity index (χ3n) is 4.78. The molecule has 0 radical (unpaired) electrons. The smallest absolute Gasteiger partial charge is 0.311 e. The van der Waals surface area contributed by atoms with Crippen LogP contribution in [0, 0.1) is 17.0 Å². The lowest BCUT2D eigenvalue weighted by molar-refractivity contribution is -0.385. The first-order valence-corrected chi connectivity index (χ1v) is 10.2. The van der Waals surface area contributed by atoms with Crippen LogP contribution in [0.3, 0.4) is 0 Å². The molecule has 0 saturated heterocycles. The Morgan fingerprint density at radius 1 is 1.12 bits per heavy atom. The highest BCUT2D eigenvalue weighted by Gasteiger charge is 2.27. The number of aryl methyl sites for hydroxylation is 1. The fourth-order valence-electron chi connectivity index (χ4n) is 3.00. The fraction of sp³-hybridized carbons (Fsp3) is 0.391. The van der Waals surface area contributed by atoms with Gasteiger partial charge in [0.1, 0.15) is 11.8 Å². The van der Waals surface area contributed by atoms with E-state index < -0.39 is 16.9 Å². The Labute approximate surface area is 187 Å². The number of nitro groups is 1. The first-order valence-electron chi connectivity index (χ1n) is 10.2. The Morgan fingerprint density at radius 3 is 2.34 bits per heavy atom. The Morgan fingerprint density at radius 2 is 1.78 bits per heavy atom. The maximum absolute atomic E-state index is 13.0.